The second kappa shape index (κ2) is 7.47. The van der Waals surface area contributed by atoms with E-state index in [1.54, 1.807) is 11.6 Å². The zero-order valence-corrected chi connectivity index (χ0v) is 20.1. The second-order valence-corrected chi connectivity index (χ2v) is 9.80. The maximum Gasteiger partial charge on any atom is 0.331 e. The van der Waals surface area contributed by atoms with E-state index in [4.69, 9.17) is 16.3 Å². The number of hydrogen-bond donors (Lipinski definition) is 0. The van der Waals surface area contributed by atoms with E-state index in [2.05, 4.69) is 24.5 Å². The van der Waals surface area contributed by atoms with Crippen molar-refractivity contribution in [2.45, 2.75) is 32.4 Å². The van der Waals surface area contributed by atoms with Crippen LogP contribution in [0.2, 0.25) is 5.02 Å². The van der Waals surface area contributed by atoms with Gasteiger partial charge in [0.2, 0.25) is 0 Å². The third kappa shape index (κ3) is 3.12. The lowest BCUT2D eigenvalue weighted by molar-refractivity contribution is -0.00702. The van der Waals surface area contributed by atoms with Crippen LogP contribution in [0.5, 0.6) is 0 Å². The highest BCUT2D eigenvalue weighted by Gasteiger charge is 2.41. The van der Waals surface area contributed by atoms with E-state index in [1.807, 2.05) is 49.4 Å². The first kappa shape index (κ1) is 21.7. The summed E-state index contributed by atoms with van der Waals surface area (Å²) in [4.78, 5) is 26.6. The maximum atomic E-state index is 13.6. The molecular weight excluding hydrogens is 438 g/mol. The van der Waals surface area contributed by atoms with Crippen molar-refractivity contribution in [3.63, 3.8) is 0 Å². The molecule has 7 heteroatoms. The van der Waals surface area contributed by atoms with Gasteiger partial charge in [-0.1, -0.05) is 53.6 Å². The molecule has 2 aromatic heterocycles. The molecule has 0 fully saturated rings. The summed E-state index contributed by atoms with van der Waals surface area (Å²) in [6.45, 7) is 6.62. The predicted molar refractivity (Wildman–Crippen MR) is 131 cm³/mol. The van der Waals surface area contributed by atoms with Crippen molar-refractivity contribution in [1.29, 1.82) is 0 Å². The molecule has 0 spiro atoms. The molecule has 1 aliphatic heterocycles. The molecule has 5 rings (SSSR count). The van der Waals surface area contributed by atoms with Crippen LogP contribution in [-0.2, 0) is 24.4 Å². The van der Waals surface area contributed by atoms with Crippen molar-refractivity contribution in [3.05, 3.63) is 91.2 Å². The molecule has 0 amide bonds. The van der Waals surface area contributed by atoms with E-state index in [0.29, 0.717) is 22.5 Å². The van der Waals surface area contributed by atoms with Gasteiger partial charge in [-0.2, -0.15) is 0 Å². The lowest BCUT2D eigenvalue weighted by Gasteiger charge is -2.39. The third-order valence-electron chi connectivity index (χ3n) is 6.54. The Morgan fingerprint density at radius 1 is 1.03 bits per heavy atom. The van der Waals surface area contributed by atoms with Gasteiger partial charge >= 0.3 is 5.69 Å². The molecular formula is C26H26ClN3O3. The molecule has 1 aliphatic rings. The molecule has 0 bridgehead atoms. The van der Waals surface area contributed by atoms with E-state index in [1.165, 1.54) is 11.6 Å². The number of hydrogen-bond acceptors (Lipinski definition) is 3. The number of aromatic nitrogens is 3. The van der Waals surface area contributed by atoms with Crippen LogP contribution in [0.4, 0.5) is 0 Å². The maximum absolute atomic E-state index is 13.6. The monoisotopic (exact) mass is 463 g/mol. The summed E-state index contributed by atoms with van der Waals surface area (Å²) in [7, 11) is 3.23. The molecule has 0 saturated carbocycles. The summed E-state index contributed by atoms with van der Waals surface area (Å²) in [6.07, 6.45) is -0.523. The summed E-state index contributed by atoms with van der Waals surface area (Å²) < 4.78 is 11.3. The number of benzene rings is 2. The highest BCUT2D eigenvalue weighted by molar-refractivity contribution is 6.31. The number of aryl methyl sites for hydroxylation is 2. The van der Waals surface area contributed by atoms with E-state index in [9.17, 15) is 9.59 Å². The van der Waals surface area contributed by atoms with Crippen LogP contribution in [0.1, 0.15) is 36.8 Å². The largest absolute Gasteiger partial charge is 0.365 e. The average molecular weight is 464 g/mol. The molecule has 6 nitrogen and oxygen atoms in total. The van der Waals surface area contributed by atoms with Gasteiger partial charge < -0.3 is 9.30 Å². The minimum atomic E-state index is -0.523. The van der Waals surface area contributed by atoms with E-state index in [-0.39, 0.29) is 11.2 Å². The van der Waals surface area contributed by atoms with Gasteiger partial charge in [0.05, 0.1) is 34.4 Å². The number of halogens is 1. The van der Waals surface area contributed by atoms with E-state index >= 15 is 0 Å². The molecule has 0 N–H and O–H groups in total. The highest BCUT2D eigenvalue weighted by atomic mass is 35.5. The van der Waals surface area contributed by atoms with Gasteiger partial charge in [-0.05, 0) is 38.5 Å². The molecule has 3 heterocycles. The predicted octanol–water partition coefficient (Wildman–Crippen LogP) is 4.52. The summed E-state index contributed by atoms with van der Waals surface area (Å²) in [5, 5.41) is 1.09. The quantitative estimate of drug-likeness (QED) is 0.439. The van der Waals surface area contributed by atoms with Gasteiger partial charge in [0.25, 0.3) is 5.56 Å². The number of nitrogens with zero attached hydrogens (tertiary/aromatic N) is 3. The molecule has 0 aliphatic carbocycles. The first-order valence-electron chi connectivity index (χ1n) is 10.9. The van der Waals surface area contributed by atoms with E-state index in [0.717, 1.165) is 28.1 Å². The summed E-state index contributed by atoms with van der Waals surface area (Å²) in [5.74, 6) is 0. The van der Waals surface area contributed by atoms with Gasteiger partial charge in [0.15, 0.2) is 0 Å². The van der Waals surface area contributed by atoms with Crippen LogP contribution in [-0.4, -0.2) is 20.3 Å². The van der Waals surface area contributed by atoms with Gasteiger partial charge in [-0.3, -0.25) is 13.9 Å². The Kier molecular flexibility index (Phi) is 4.92. The van der Waals surface area contributed by atoms with Crippen LogP contribution >= 0.6 is 11.6 Å². The summed E-state index contributed by atoms with van der Waals surface area (Å²) in [6, 6.07) is 15.6. The Labute approximate surface area is 196 Å². The molecule has 0 saturated heterocycles. The molecule has 170 valence electrons. The first-order chi connectivity index (χ1) is 15.6. The topological polar surface area (TPSA) is 58.2 Å². The zero-order chi connectivity index (χ0) is 23.7. The van der Waals surface area contributed by atoms with Gasteiger partial charge in [0, 0.05) is 24.7 Å². The highest BCUT2D eigenvalue weighted by Crippen LogP contribution is 2.46. The number of rotatable bonds is 2. The molecule has 33 heavy (non-hydrogen) atoms. The second-order valence-electron chi connectivity index (χ2n) is 9.39. The zero-order valence-electron chi connectivity index (χ0n) is 19.3. The SMILES string of the molecule is Cc1cccc(-c2c3c(=O)n(C)c(=O)n(C)c3c3n2C(C)(C)CO[C@@H]3c2ccccc2Cl)c1. The summed E-state index contributed by atoms with van der Waals surface area (Å²) >= 11 is 6.59. The standard InChI is InChI=1S/C26H26ClN3O3/c1-15-9-8-10-16(13-15)20-19-21(28(4)25(32)29(5)24(19)31)22-23(17-11-6-7-12-18(17)27)33-14-26(2,3)30(20)22/h6-13,23H,14H2,1-5H3/t23-/m1/s1. The number of ether oxygens (including phenoxy) is 1. The van der Waals surface area contributed by atoms with Crippen molar-refractivity contribution in [1.82, 2.24) is 13.7 Å². The molecule has 4 aromatic rings. The van der Waals surface area contributed by atoms with Crippen molar-refractivity contribution in [2.24, 2.45) is 14.1 Å². The Hall–Kier alpha value is -3.09. The first-order valence-corrected chi connectivity index (χ1v) is 11.3. The Bertz CT molecular complexity index is 1540. The minimum Gasteiger partial charge on any atom is -0.365 e. The molecule has 2 aromatic carbocycles. The minimum absolute atomic E-state index is 0.319. The van der Waals surface area contributed by atoms with Crippen molar-refractivity contribution >= 4 is 22.5 Å². The van der Waals surface area contributed by atoms with Crippen LogP contribution in [0.25, 0.3) is 22.2 Å². The van der Waals surface area contributed by atoms with Gasteiger partial charge in [-0.15, -0.1) is 0 Å². The fraction of sp³-hybridized carbons (Fsp3) is 0.308. The lowest BCUT2D eigenvalue weighted by Crippen LogP contribution is -2.40. The van der Waals surface area contributed by atoms with Crippen molar-refractivity contribution in [2.75, 3.05) is 6.61 Å². The van der Waals surface area contributed by atoms with Crippen LogP contribution in [0, 0.1) is 6.92 Å². The molecule has 0 unspecified atom stereocenters. The normalized spacial score (nSPS) is 17.3. The summed E-state index contributed by atoms with van der Waals surface area (Å²) in [5.41, 5.74) is 3.80. The Morgan fingerprint density at radius 2 is 1.76 bits per heavy atom. The van der Waals surface area contributed by atoms with E-state index < -0.39 is 11.6 Å². The lowest BCUT2D eigenvalue weighted by atomic mass is 9.98. The molecule has 1 atom stereocenters. The van der Waals surface area contributed by atoms with Crippen LogP contribution in [0.15, 0.2) is 58.1 Å². The smallest absolute Gasteiger partial charge is 0.331 e. The van der Waals surface area contributed by atoms with Crippen molar-refractivity contribution in [3.8, 4) is 11.3 Å². The Balaban J connectivity index is 2.04. The average Bonchev–Trinajstić information content (AvgIpc) is 3.15. The molecule has 0 radical (unpaired) electrons. The fourth-order valence-electron chi connectivity index (χ4n) is 4.99. The van der Waals surface area contributed by atoms with Crippen LogP contribution in [0.3, 0.4) is 0 Å². The number of fused-ring (bicyclic) bond motifs is 3. The third-order valence-corrected chi connectivity index (χ3v) is 6.89. The van der Waals surface area contributed by atoms with Crippen LogP contribution < -0.4 is 11.2 Å². The fourth-order valence-corrected chi connectivity index (χ4v) is 5.22. The van der Waals surface area contributed by atoms with Gasteiger partial charge in [-0.25, -0.2) is 4.79 Å². The van der Waals surface area contributed by atoms with Gasteiger partial charge in [0.1, 0.15) is 6.10 Å². The van der Waals surface area contributed by atoms with Crippen molar-refractivity contribution < 1.29 is 4.74 Å². The Morgan fingerprint density at radius 3 is 2.45 bits per heavy atom.